The van der Waals surface area contributed by atoms with Gasteiger partial charge in [0.1, 0.15) is 0 Å². The molecule has 0 amide bonds. The van der Waals surface area contributed by atoms with E-state index < -0.39 is 9.84 Å². The van der Waals surface area contributed by atoms with Crippen LogP contribution in [0.25, 0.3) is 0 Å². The summed E-state index contributed by atoms with van der Waals surface area (Å²) in [7, 11) is 1.13. The lowest BCUT2D eigenvalue weighted by Gasteiger charge is -2.20. The number of benzene rings is 1. The van der Waals surface area contributed by atoms with E-state index in [4.69, 9.17) is 0 Å². The number of rotatable bonds is 3. The molecule has 1 aromatic carbocycles. The van der Waals surface area contributed by atoms with Crippen molar-refractivity contribution < 1.29 is 8.42 Å². The first-order valence-corrected chi connectivity index (χ1v) is 7.53. The molecule has 0 bridgehead atoms. The molecular weight excluding hydrogens is 236 g/mol. The van der Waals surface area contributed by atoms with Gasteiger partial charge in [0, 0.05) is 20.1 Å². The van der Waals surface area contributed by atoms with Crippen molar-refractivity contribution >= 4 is 21.2 Å². The van der Waals surface area contributed by atoms with Gasteiger partial charge in [0.25, 0.3) is 0 Å². The molecular formula is C12H18N2O2S. The Morgan fingerprint density at radius 1 is 1.29 bits per heavy atom. The molecule has 1 fully saturated rings. The van der Waals surface area contributed by atoms with Crippen molar-refractivity contribution in [1.82, 2.24) is 0 Å². The van der Waals surface area contributed by atoms with Crippen molar-refractivity contribution in [2.45, 2.75) is 12.5 Å². The van der Waals surface area contributed by atoms with Gasteiger partial charge in [-0.15, -0.1) is 0 Å². The summed E-state index contributed by atoms with van der Waals surface area (Å²) in [6, 6.07) is 7.98. The van der Waals surface area contributed by atoms with Gasteiger partial charge in [0.05, 0.1) is 22.9 Å². The van der Waals surface area contributed by atoms with Crippen molar-refractivity contribution in [1.29, 1.82) is 0 Å². The summed E-state index contributed by atoms with van der Waals surface area (Å²) in [5.41, 5.74) is 2.08. The maximum absolute atomic E-state index is 11.4. The van der Waals surface area contributed by atoms with Crippen LogP contribution in [-0.2, 0) is 9.84 Å². The molecule has 1 N–H and O–H groups in total. The quantitative estimate of drug-likeness (QED) is 0.884. The Morgan fingerprint density at radius 2 is 2.00 bits per heavy atom. The number of para-hydroxylation sites is 2. The summed E-state index contributed by atoms with van der Waals surface area (Å²) < 4.78 is 22.8. The van der Waals surface area contributed by atoms with E-state index in [1.807, 2.05) is 43.3 Å². The first-order valence-electron chi connectivity index (χ1n) is 5.71. The standard InChI is InChI=1S/C12H18N2O2S/c1-14(2)12-6-4-3-5-11(12)13-10-7-8-17(15,16)9-10/h3-6,10,13H,7-9H2,1-2H3. The Morgan fingerprint density at radius 3 is 2.59 bits per heavy atom. The second-order valence-electron chi connectivity index (χ2n) is 4.66. The molecule has 94 valence electrons. The molecule has 1 atom stereocenters. The minimum atomic E-state index is -2.82. The molecule has 1 aliphatic rings. The van der Waals surface area contributed by atoms with E-state index in [0.717, 1.165) is 11.4 Å². The average Bonchev–Trinajstić information content (AvgIpc) is 2.58. The van der Waals surface area contributed by atoms with Gasteiger partial charge >= 0.3 is 0 Å². The summed E-state index contributed by atoms with van der Waals surface area (Å²) >= 11 is 0. The molecule has 5 heteroatoms. The van der Waals surface area contributed by atoms with Crippen molar-refractivity contribution in [2.75, 3.05) is 35.8 Å². The molecule has 0 radical (unpaired) electrons. The Hall–Kier alpha value is -1.23. The molecule has 1 aromatic rings. The predicted molar refractivity (Wildman–Crippen MR) is 71.5 cm³/mol. The second kappa shape index (κ2) is 4.56. The zero-order valence-corrected chi connectivity index (χ0v) is 11.0. The van der Waals surface area contributed by atoms with Crippen LogP contribution in [0.15, 0.2) is 24.3 Å². The fraction of sp³-hybridized carbons (Fsp3) is 0.500. The predicted octanol–water partition coefficient (Wildman–Crippen LogP) is 1.35. The number of anilines is 2. The van der Waals surface area contributed by atoms with E-state index in [1.165, 1.54) is 0 Å². The van der Waals surface area contributed by atoms with Crippen LogP contribution in [0.5, 0.6) is 0 Å². The largest absolute Gasteiger partial charge is 0.380 e. The lowest BCUT2D eigenvalue weighted by molar-refractivity contribution is 0.602. The third-order valence-electron chi connectivity index (χ3n) is 2.98. The SMILES string of the molecule is CN(C)c1ccccc1NC1CCS(=O)(=O)C1. The summed E-state index contributed by atoms with van der Waals surface area (Å²) in [4.78, 5) is 2.02. The minimum absolute atomic E-state index is 0.0427. The van der Waals surface area contributed by atoms with Crippen LogP contribution >= 0.6 is 0 Å². The van der Waals surface area contributed by atoms with Crippen LogP contribution in [0.1, 0.15) is 6.42 Å². The van der Waals surface area contributed by atoms with E-state index in [2.05, 4.69) is 5.32 Å². The second-order valence-corrected chi connectivity index (χ2v) is 6.88. The van der Waals surface area contributed by atoms with E-state index in [1.54, 1.807) is 0 Å². The Kier molecular flexibility index (Phi) is 3.28. The molecule has 2 rings (SSSR count). The van der Waals surface area contributed by atoms with Crippen LogP contribution in [0.2, 0.25) is 0 Å². The van der Waals surface area contributed by atoms with E-state index in [9.17, 15) is 8.42 Å². The molecule has 1 aliphatic heterocycles. The summed E-state index contributed by atoms with van der Waals surface area (Å²) in [5.74, 6) is 0.545. The molecule has 0 aliphatic carbocycles. The van der Waals surface area contributed by atoms with Gasteiger partial charge in [-0.3, -0.25) is 0 Å². The number of sulfone groups is 1. The molecule has 1 saturated heterocycles. The Balaban J connectivity index is 2.14. The Bertz CT molecular complexity index is 497. The van der Waals surface area contributed by atoms with Crippen molar-refractivity contribution in [3.63, 3.8) is 0 Å². The highest BCUT2D eigenvalue weighted by Crippen LogP contribution is 2.26. The van der Waals surface area contributed by atoms with Gasteiger partial charge in [-0.25, -0.2) is 8.42 Å². The first kappa shape index (κ1) is 12.2. The number of nitrogens with one attached hydrogen (secondary N) is 1. The monoisotopic (exact) mass is 254 g/mol. The Labute approximate surface area is 103 Å². The zero-order valence-electron chi connectivity index (χ0n) is 10.2. The highest BCUT2D eigenvalue weighted by Gasteiger charge is 2.28. The van der Waals surface area contributed by atoms with Gasteiger partial charge in [-0.1, -0.05) is 12.1 Å². The molecule has 1 unspecified atom stereocenters. The maximum Gasteiger partial charge on any atom is 0.152 e. The lowest BCUT2D eigenvalue weighted by Crippen LogP contribution is -2.22. The fourth-order valence-corrected chi connectivity index (χ4v) is 3.79. The minimum Gasteiger partial charge on any atom is -0.380 e. The molecule has 4 nitrogen and oxygen atoms in total. The van der Waals surface area contributed by atoms with E-state index in [0.29, 0.717) is 12.2 Å². The smallest absolute Gasteiger partial charge is 0.152 e. The van der Waals surface area contributed by atoms with Gasteiger partial charge in [0.2, 0.25) is 0 Å². The highest BCUT2D eigenvalue weighted by molar-refractivity contribution is 7.91. The molecule has 0 saturated carbocycles. The molecule has 0 spiro atoms. The lowest BCUT2D eigenvalue weighted by atomic mass is 10.2. The van der Waals surface area contributed by atoms with Crippen LogP contribution in [0.3, 0.4) is 0 Å². The maximum atomic E-state index is 11.4. The molecule has 1 heterocycles. The third-order valence-corrected chi connectivity index (χ3v) is 4.75. The molecule has 17 heavy (non-hydrogen) atoms. The summed E-state index contributed by atoms with van der Waals surface area (Å²) in [5, 5.41) is 3.33. The normalized spacial score (nSPS) is 22.4. The van der Waals surface area contributed by atoms with E-state index in [-0.39, 0.29) is 11.8 Å². The van der Waals surface area contributed by atoms with Crippen LogP contribution in [-0.4, -0.2) is 40.1 Å². The van der Waals surface area contributed by atoms with Gasteiger partial charge < -0.3 is 10.2 Å². The van der Waals surface area contributed by atoms with E-state index >= 15 is 0 Å². The number of hydrogen-bond donors (Lipinski definition) is 1. The fourth-order valence-electron chi connectivity index (χ4n) is 2.11. The summed E-state index contributed by atoms with van der Waals surface area (Å²) in [6.45, 7) is 0. The van der Waals surface area contributed by atoms with Crippen LogP contribution in [0, 0.1) is 0 Å². The van der Waals surface area contributed by atoms with Gasteiger partial charge in [0.15, 0.2) is 9.84 Å². The topological polar surface area (TPSA) is 49.4 Å². The molecule has 0 aromatic heterocycles. The van der Waals surface area contributed by atoms with Crippen molar-refractivity contribution in [3.8, 4) is 0 Å². The zero-order chi connectivity index (χ0) is 12.5. The number of hydrogen-bond acceptors (Lipinski definition) is 4. The van der Waals surface area contributed by atoms with Gasteiger partial charge in [-0.2, -0.15) is 0 Å². The highest BCUT2D eigenvalue weighted by atomic mass is 32.2. The van der Waals surface area contributed by atoms with Crippen LogP contribution < -0.4 is 10.2 Å². The summed E-state index contributed by atoms with van der Waals surface area (Å²) in [6.07, 6.45) is 0.699. The third kappa shape index (κ3) is 2.91. The average molecular weight is 254 g/mol. The number of nitrogens with zero attached hydrogens (tertiary/aromatic N) is 1. The first-order chi connectivity index (χ1) is 7.98. The van der Waals surface area contributed by atoms with Crippen molar-refractivity contribution in [3.05, 3.63) is 24.3 Å². The van der Waals surface area contributed by atoms with Crippen LogP contribution in [0.4, 0.5) is 11.4 Å². The van der Waals surface area contributed by atoms with Crippen molar-refractivity contribution in [2.24, 2.45) is 0 Å². The van der Waals surface area contributed by atoms with Gasteiger partial charge in [-0.05, 0) is 18.6 Å².